The van der Waals surface area contributed by atoms with E-state index >= 15 is 0 Å². The summed E-state index contributed by atoms with van der Waals surface area (Å²) in [6.07, 6.45) is 1.86. The second-order valence-corrected chi connectivity index (χ2v) is 4.50. The second-order valence-electron chi connectivity index (χ2n) is 3.62. The van der Waals surface area contributed by atoms with Crippen LogP contribution in [0.25, 0.3) is 0 Å². The molecule has 1 aromatic carbocycles. The minimum atomic E-state index is -0.933. The summed E-state index contributed by atoms with van der Waals surface area (Å²) in [6.45, 7) is 1.38. The first kappa shape index (κ1) is 13.6. The number of amides is 1. The van der Waals surface area contributed by atoms with Crippen LogP contribution in [0.4, 0.5) is 0 Å². The summed E-state index contributed by atoms with van der Waals surface area (Å²) in [6, 6.07) is 7.04. The van der Waals surface area contributed by atoms with E-state index in [4.69, 9.17) is 5.11 Å². The van der Waals surface area contributed by atoms with Crippen LogP contribution in [0.5, 0.6) is 0 Å². The average Bonchev–Trinajstić information content (AvgIpc) is 2.27. The Labute approximate surface area is 104 Å². The summed E-state index contributed by atoms with van der Waals surface area (Å²) in [7, 11) is 0. The van der Waals surface area contributed by atoms with Gasteiger partial charge >= 0.3 is 5.97 Å². The molecule has 0 heterocycles. The molecule has 17 heavy (non-hydrogen) atoms. The Bertz CT molecular complexity index is 387. The molecule has 2 N–H and O–H groups in total. The highest BCUT2D eigenvalue weighted by Gasteiger charge is 2.16. The third-order valence-corrected chi connectivity index (χ3v) is 3.02. The zero-order valence-corrected chi connectivity index (χ0v) is 10.6. The molecule has 0 saturated carbocycles. The molecule has 1 amide bonds. The summed E-state index contributed by atoms with van der Waals surface area (Å²) < 4.78 is 0. The van der Waals surface area contributed by atoms with Gasteiger partial charge in [-0.05, 0) is 24.0 Å². The van der Waals surface area contributed by atoms with E-state index in [1.807, 2.05) is 30.5 Å². The number of carbonyl (C=O) groups is 2. The summed E-state index contributed by atoms with van der Waals surface area (Å²) in [4.78, 5) is 22.9. The van der Waals surface area contributed by atoms with Gasteiger partial charge in [-0.2, -0.15) is 0 Å². The zero-order valence-electron chi connectivity index (χ0n) is 9.77. The molecule has 1 atom stereocenters. The Morgan fingerprint density at radius 2 is 1.94 bits per heavy atom. The molecular weight excluding hydrogens is 238 g/mol. The van der Waals surface area contributed by atoms with E-state index in [2.05, 4.69) is 5.32 Å². The van der Waals surface area contributed by atoms with Gasteiger partial charge in [0.1, 0.15) is 0 Å². The molecule has 0 aromatic heterocycles. The van der Waals surface area contributed by atoms with E-state index in [0.717, 1.165) is 10.5 Å². The number of rotatable bonds is 5. The van der Waals surface area contributed by atoms with Crippen molar-refractivity contribution in [2.24, 2.45) is 0 Å². The minimum Gasteiger partial charge on any atom is -0.481 e. The summed E-state index contributed by atoms with van der Waals surface area (Å²) in [5, 5.41) is 11.4. The molecule has 1 aromatic rings. The van der Waals surface area contributed by atoms with Crippen molar-refractivity contribution in [1.82, 2.24) is 5.32 Å². The van der Waals surface area contributed by atoms with Gasteiger partial charge in [-0.25, -0.2) is 0 Å². The standard InChI is InChI=1S/C12H15NO3S/c1-8(14)13-11(7-12(15)16)9-3-5-10(17-2)6-4-9/h3-6,11H,7H2,1-2H3,(H,13,14)(H,15,16)/t11-/m1/s1. The number of thioether (sulfide) groups is 1. The lowest BCUT2D eigenvalue weighted by molar-refractivity contribution is -0.137. The Morgan fingerprint density at radius 3 is 2.35 bits per heavy atom. The lowest BCUT2D eigenvalue weighted by Crippen LogP contribution is -2.27. The Morgan fingerprint density at radius 1 is 1.35 bits per heavy atom. The predicted molar refractivity (Wildman–Crippen MR) is 67.0 cm³/mol. The van der Waals surface area contributed by atoms with Crippen LogP contribution in [0, 0.1) is 0 Å². The Kier molecular flexibility index (Phi) is 5.03. The number of hydrogen-bond donors (Lipinski definition) is 2. The van der Waals surface area contributed by atoms with E-state index in [-0.39, 0.29) is 12.3 Å². The van der Waals surface area contributed by atoms with Gasteiger partial charge in [-0.3, -0.25) is 9.59 Å². The molecule has 5 heteroatoms. The number of hydrogen-bond acceptors (Lipinski definition) is 3. The van der Waals surface area contributed by atoms with Crippen LogP contribution in [-0.4, -0.2) is 23.2 Å². The topological polar surface area (TPSA) is 66.4 Å². The van der Waals surface area contributed by atoms with Gasteiger partial charge in [-0.1, -0.05) is 12.1 Å². The number of nitrogens with one attached hydrogen (secondary N) is 1. The van der Waals surface area contributed by atoms with E-state index in [1.165, 1.54) is 6.92 Å². The summed E-state index contributed by atoms with van der Waals surface area (Å²) in [5.74, 6) is -1.16. The van der Waals surface area contributed by atoms with Crippen molar-refractivity contribution in [3.05, 3.63) is 29.8 Å². The Balaban J connectivity index is 2.86. The molecule has 4 nitrogen and oxygen atoms in total. The third kappa shape index (κ3) is 4.48. The molecule has 92 valence electrons. The van der Waals surface area contributed by atoms with Crippen molar-refractivity contribution in [2.45, 2.75) is 24.3 Å². The summed E-state index contributed by atoms with van der Waals surface area (Å²) >= 11 is 1.61. The average molecular weight is 253 g/mol. The smallest absolute Gasteiger partial charge is 0.305 e. The molecular formula is C12H15NO3S. The molecule has 0 bridgehead atoms. The van der Waals surface area contributed by atoms with Gasteiger partial charge < -0.3 is 10.4 Å². The zero-order chi connectivity index (χ0) is 12.8. The fraction of sp³-hybridized carbons (Fsp3) is 0.333. The lowest BCUT2D eigenvalue weighted by Gasteiger charge is -2.16. The molecule has 0 fully saturated rings. The number of carboxylic acid groups (broad SMARTS) is 1. The Hall–Kier alpha value is -1.49. The van der Waals surface area contributed by atoms with Crippen molar-refractivity contribution >= 4 is 23.6 Å². The highest BCUT2D eigenvalue weighted by Crippen LogP contribution is 2.21. The maximum Gasteiger partial charge on any atom is 0.305 e. The molecule has 0 unspecified atom stereocenters. The van der Waals surface area contributed by atoms with Gasteiger partial charge in [0.25, 0.3) is 0 Å². The fourth-order valence-corrected chi connectivity index (χ4v) is 1.92. The van der Waals surface area contributed by atoms with Crippen molar-refractivity contribution in [1.29, 1.82) is 0 Å². The normalized spacial score (nSPS) is 11.9. The number of carboxylic acids is 1. The molecule has 0 aliphatic carbocycles. The van der Waals surface area contributed by atoms with Gasteiger partial charge in [0.2, 0.25) is 5.91 Å². The molecule has 0 radical (unpaired) electrons. The number of benzene rings is 1. The van der Waals surface area contributed by atoms with Crippen LogP contribution in [0.3, 0.4) is 0 Å². The van der Waals surface area contributed by atoms with E-state index in [0.29, 0.717) is 0 Å². The fourth-order valence-electron chi connectivity index (χ4n) is 1.51. The first-order valence-corrected chi connectivity index (χ1v) is 6.38. The molecule has 0 aliphatic heterocycles. The molecule has 0 saturated heterocycles. The first-order chi connectivity index (χ1) is 8.02. The molecule has 0 spiro atoms. The van der Waals surface area contributed by atoms with Gasteiger partial charge in [0, 0.05) is 11.8 Å². The summed E-state index contributed by atoms with van der Waals surface area (Å²) in [5.41, 5.74) is 0.806. The minimum absolute atomic E-state index is 0.113. The van der Waals surface area contributed by atoms with Crippen LogP contribution in [0.1, 0.15) is 24.9 Å². The van der Waals surface area contributed by atoms with Crippen molar-refractivity contribution < 1.29 is 14.7 Å². The van der Waals surface area contributed by atoms with Crippen LogP contribution >= 0.6 is 11.8 Å². The quantitative estimate of drug-likeness (QED) is 0.788. The molecule has 1 rings (SSSR count). The van der Waals surface area contributed by atoms with E-state index in [9.17, 15) is 9.59 Å². The van der Waals surface area contributed by atoms with Crippen LogP contribution in [0.15, 0.2) is 29.2 Å². The van der Waals surface area contributed by atoms with Crippen LogP contribution in [-0.2, 0) is 9.59 Å². The highest BCUT2D eigenvalue weighted by atomic mass is 32.2. The van der Waals surface area contributed by atoms with Gasteiger partial charge in [0.15, 0.2) is 0 Å². The number of aliphatic carboxylic acids is 1. The van der Waals surface area contributed by atoms with Crippen molar-refractivity contribution in [3.8, 4) is 0 Å². The maximum absolute atomic E-state index is 11.0. The van der Waals surface area contributed by atoms with Crippen LogP contribution < -0.4 is 5.32 Å². The van der Waals surface area contributed by atoms with Gasteiger partial charge in [-0.15, -0.1) is 11.8 Å². The first-order valence-electron chi connectivity index (χ1n) is 5.15. The lowest BCUT2D eigenvalue weighted by atomic mass is 10.0. The predicted octanol–water partition coefficient (Wildman–Crippen LogP) is 2.06. The second kappa shape index (κ2) is 6.30. The van der Waals surface area contributed by atoms with Crippen molar-refractivity contribution in [3.63, 3.8) is 0 Å². The van der Waals surface area contributed by atoms with Gasteiger partial charge in [0.05, 0.1) is 12.5 Å². The third-order valence-electron chi connectivity index (χ3n) is 2.27. The SMILES string of the molecule is CSc1ccc([C@@H](CC(=O)O)NC(C)=O)cc1. The largest absolute Gasteiger partial charge is 0.481 e. The van der Waals surface area contributed by atoms with E-state index in [1.54, 1.807) is 11.8 Å². The highest BCUT2D eigenvalue weighted by molar-refractivity contribution is 7.98. The van der Waals surface area contributed by atoms with Crippen molar-refractivity contribution in [2.75, 3.05) is 6.26 Å². The van der Waals surface area contributed by atoms with E-state index < -0.39 is 12.0 Å². The maximum atomic E-state index is 11.0. The molecule has 0 aliphatic rings. The number of carbonyl (C=O) groups excluding carboxylic acids is 1. The monoisotopic (exact) mass is 253 g/mol. The van der Waals surface area contributed by atoms with Crippen LogP contribution in [0.2, 0.25) is 0 Å².